The normalized spacial score (nSPS) is 16.1. The molecule has 0 radical (unpaired) electrons. The lowest BCUT2D eigenvalue weighted by atomic mass is 10.1. The Morgan fingerprint density at radius 3 is 2.37 bits per heavy atom. The Hall–Kier alpha value is -3.40. The molecular formula is C23H20N2O2. The largest absolute Gasteiger partial charge is 0.334 e. The standard InChI is InChI=1S/C23H20N2O2/c1-2-20-16-24(14-17-9-5-3-6-10-17)23(27)21-13-19(15-25(20)21)22(26)18-11-7-4-8-12-18/h2-13,15,20H,1,14,16H2/t20-/m1/s1. The summed E-state index contributed by atoms with van der Waals surface area (Å²) in [4.78, 5) is 27.6. The summed E-state index contributed by atoms with van der Waals surface area (Å²) < 4.78 is 1.87. The number of hydrogen-bond donors (Lipinski definition) is 0. The Bertz CT molecular complexity index is 990. The zero-order chi connectivity index (χ0) is 18.8. The van der Waals surface area contributed by atoms with Crippen molar-refractivity contribution >= 4 is 11.7 Å². The van der Waals surface area contributed by atoms with Crippen molar-refractivity contribution in [3.63, 3.8) is 0 Å². The Morgan fingerprint density at radius 1 is 1.04 bits per heavy atom. The third kappa shape index (κ3) is 3.22. The van der Waals surface area contributed by atoms with Crippen molar-refractivity contribution in [1.82, 2.24) is 9.47 Å². The average Bonchev–Trinajstić information content (AvgIpc) is 3.17. The Morgan fingerprint density at radius 2 is 1.70 bits per heavy atom. The summed E-state index contributed by atoms with van der Waals surface area (Å²) in [6.45, 7) is 5.00. The Kier molecular flexibility index (Phi) is 4.47. The maximum Gasteiger partial charge on any atom is 0.270 e. The SMILES string of the molecule is C=C[C@@H]1CN(Cc2ccccc2)C(=O)c2cc(C(=O)c3ccccc3)cn21. The molecule has 0 saturated heterocycles. The zero-order valence-electron chi connectivity index (χ0n) is 14.9. The van der Waals surface area contributed by atoms with Gasteiger partial charge in [0.15, 0.2) is 5.78 Å². The van der Waals surface area contributed by atoms with E-state index >= 15 is 0 Å². The molecule has 0 bridgehead atoms. The number of amides is 1. The third-order valence-electron chi connectivity index (χ3n) is 4.91. The van der Waals surface area contributed by atoms with Gasteiger partial charge in [0.05, 0.1) is 6.04 Å². The van der Waals surface area contributed by atoms with Gasteiger partial charge in [0.25, 0.3) is 5.91 Å². The molecule has 0 aliphatic carbocycles. The van der Waals surface area contributed by atoms with Crippen LogP contribution in [0.3, 0.4) is 0 Å². The first-order valence-corrected chi connectivity index (χ1v) is 8.95. The van der Waals surface area contributed by atoms with E-state index in [-0.39, 0.29) is 17.7 Å². The van der Waals surface area contributed by atoms with Crippen molar-refractivity contribution in [2.24, 2.45) is 0 Å². The van der Waals surface area contributed by atoms with E-state index in [2.05, 4.69) is 6.58 Å². The molecular weight excluding hydrogens is 336 g/mol. The van der Waals surface area contributed by atoms with E-state index in [1.165, 1.54) is 0 Å². The summed E-state index contributed by atoms with van der Waals surface area (Å²) in [7, 11) is 0. The highest BCUT2D eigenvalue weighted by Gasteiger charge is 2.31. The summed E-state index contributed by atoms with van der Waals surface area (Å²) >= 11 is 0. The lowest BCUT2D eigenvalue weighted by Crippen LogP contribution is -2.41. The summed E-state index contributed by atoms with van der Waals surface area (Å²) in [6, 6.07) is 20.7. The number of carbonyl (C=O) groups excluding carboxylic acids is 2. The fourth-order valence-electron chi connectivity index (χ4n) is 3.49. The lowest BCUT2D eigenvalue weighted by Gasteiger charge is -2.33. The van der Waals surface area contributed by atoms with Crippen LogP contribution >= 0.6 is 0 Å². The minimum Gasteiger partial charge on any atom is -0.334 e. The fourth-order valence-corrected chi connectivity index (χ4v) is 3.49. The topological polar surface area (TPSA) is 42.3 Å². The van der Waals surface area contributed by atoms with Crippen LogP contribution in [-0.2, 0) is 6.54 Å². The maximum absolute atomic E-state index is 13.0. The quantitative estimate of drug-likeness (QED) is 0.510. The van der Waals surface area contributed by atoms with Crippen LogP contribution in [0.25, 0.3) is 0 Å². The van der Waals surface area contributed by atoms with Crippen molar-refractivity contribution in [2.45, 2.75) is 12.6 Å². The molecule has 0 fully saturated rings. The molecule has 1 aliphatic heterocycles. The number of aromatic nitrogens is 1. The Labute approximate surface area is 158 Å². The van der Waals surface area contributed by atoms with Gasteiger partial charge >= 0.3 is 0 Å². The monoisotopic (exact) mass is 356 g/mol. The predicted molar refractivity (Wildman–Crippen MR) is 105 cm³/mol. The number of fused-ring (bicyclic) bond motifs is 1. The van der Waals surface area contributed by atoms with Crippen LogP contribution in [0.1, 0.15) is 38.0 Å². The number of ketones is 1. The van der Waals surface area contributed by atoms with E-state index in [1.807, 2.05) is 64.1 Å². The van der Waals surface area contributed by atoms with Crippen LogP contribution in [0, 0.1) is 0 Å². The number of hydrogen-bond acceptors (Lipinski definition) is 2. The lowest BCUT2D eigenvalue weighted by molar-refractivity contribution is 0.0673. The second-order valence-electron chi connectivity index (χ2n) is 6.69. The third-order valence-corrected chi connectivity index (χ3v) is 4.91. The first-order valence-electron chi connectivity index (χ1n) is 8.95. The van der Waals surface area contributed by atoms with Gasteiger partial charge in [-0.1, -0.05) is 66.7 Å². The molecule has 1 amide bonds. The van der Waals surface area contributed by atoms with Gasteiger partial charge < -0.3 is 9.47 Å². The summed E-state index contributed by atoms with van der Waals surface area (Å²) in [6.07, 6.45) is 3.60. The minimum atomic E-state index is -0.0808. The van der Waals surface area contributed by atoms with Gasteiger partial charge in [-0.15, -0.1) is 6.58 Å². The molecule has 2 aromatic carbocycles. The number of nitrogens with zero attached hydrogens (tertiary/aromatic N) is 2. The van der Waals surface area contributed by atoms with Crippen molar-refractivity contribution in [3.05, 3.63) is 108 Å². The van der Waals surface area contributed by atoms with E-state index in [4.69, 9.17) is 0 Å². The molecule has 27 heavy (non-hydrogen) atoms. The summed E-state index contributed by atoms with van der Waals surface area (Å²) in [5.41, 5.74) is 2.75. The van der Waals surface area contributed by atoms with Crippen LogP contribution in [0.2, 0.25) is 0 Å². The van der Waals surface area contributed by atoms with Crippen molar-refractivity contribution in [3.8, 4) is 0 Å². The van der Waals surface area contributed by atoms with Crippen molar-refractivity contribution in [2.75, 3.05) is 6.54 Å². The van der Waals surface area contributed by atoms with Crippen LogP contribution in [0.15, 0.2) is 85.6 Å². The molecule has 0 saturated carbocycles. The van der Waals surface area contributed by atoms with E-state index in [0.29, 0.717) is 29.9 Å². The van der Waals surface area contributed by atoms with Crippen LogP contribution < -0.4 is 0 Å². The predicted octanol–water partition coefficient (Wildman–Crippen LogP) is 4.10. The smallest absolute Gasteiger partial charge is 0.270 e. The minimum absolute atomic E-state index is 0.0567. The molecule has 4 rings (SSSR count). The molecule has 0 N–H and O–H groups in total. The van der Waals surface area contributed by atoms with Crippen molar-refractivity contribution < 1.29 is 9.59 Å². The van der Waals surface area contributed by atoms with Gasteiger partial charge in [-0.05, 0) is 11.6 Å². The molecule has 3 aromatic rings. The highest BCUT2D eigenvalue weighted by Crippen LogP contribution is 2.27. The second kappa shape index (κ2) is 7.08. The molecule has 134 valence electrons. The number of benzene rings is 2. The molecule has 1 aromatic heterocycles. The Balaban J connectivity index is 1.66. The summed E-state index contributed by atoms with van der Waals surface area (Å²) in [5, 5.41) is 0. The second-order valence-corrected chi connectivity index (χ2v) is 6.69. The van der Waals surface area contributed by atoms with Gasteiger partial charge in [0.1, 0.15) is 5.69 Å². The average molecular weight is 356 g/mol. The van der Waals surface area contributed by atoms with Crippen LogP contribution in [0.5, 0.6) is 0 Å². The zero-order valence-corrected chi connectivity index (χ0v) is 14.9. The van der Waals surface area contributed by atoms with Crippen molar-refractivity contribution in [1.29, 1.82) is 0 Å². The summed E-state index contributed by atoms with van der Waals surface area (Å²) in [5.74, 6) is -0.146. The van der Waals surface area contributed by atoms with E-state index in [9.17, 15) is 9.59 Å². The maximum atomic E-state index is 13.0. The van der Waals surface area contributed by atoms with Crippen LogP contribution in [0.4, 0.5) is 0 Å². The van der Waals surface area contributed by atoms with Gasteiger partial charge in [-0.2, -0.15) is 0 Å². The van der Waals surface area contributed by atoms with Gasteiger partial charge in [-0.3, -0.25) is 9.59 Å². The van der Waals surface area contributed by atoms with Gasteiger partial charge in [0.2, 0.25) is 0 Å². The highest BCUT2D eigenvalue weighted by molar-refractivity contribution is 6.10. The van der Waals surface area contributed by atoms with E-state index < -0.39 is 0 Å². The molecule has 1 atom stereocenters. The molecule has 1 aliphatic rings. The van der Waals surface area contributed by atoms with Gasteiger partial charge in [0, 0.05) is 30.4 Å². The number of carbonyl (C=O) groups is 2. The first-order chi connectivity index (χ1) is 13.2. The fraction of sp³-hybridized carbons (Fsp3) is 0.130. The van der Waals surface area contributed by atoms with Gasteiger partial charge in [-0.25, -0.2) is 0 Å². The molecule has 2 heterocycles. The van der Waals surface area contributed by atoms with E-state index in [0.717, 1.165) is 5.56 Å². The highest BCUT2D eigenvalue weighted by atomic mass is 16.2. The van der Waals surface area contributed by atoms with Crippen LogP contribution in [-0.4, -0.2) is 27.7 Å². The molecule has 0 spiro atoms. The molecule has 4 heteroatoms. The first kappa shape index (κ1) is 17.0. The molecule has 0 unspecified atom stereocenters. The van der Waals surface area contributed by atoms with E-state index in [1.54, 1.807) is 24.4 Å². The molecule has 4 nitrogen and oxygen atoms in total. The number of rotatable bonds is 5.